The van der Waals surface area contributed by atoms with E-state index in [1.807, 2.05) is 56.3 Å². The molecule has 2 unspecified atom stereocenters. The molecule has 25 heavy (non-hydrogen) atoms. The predicted octanol–water partition coefficient (Wildman–Crippen LogP) is 2.92. The van der Waals surface area contributed by atoms with Gasteiger partial charge in [0.25, 0.3) is 5.91 Å². The fourth-order valence-corrected chi connectivity index (χ4v) is 3.47. The van der Waals surface area contributed by atoms with Crippen molar-refractivity contribution in [1.29, 1.82) is 0 Å². The van der Waals surface area contributed by atoms with Crippen LogP contribution >= 0.6 is 0 Å². The molecule has 1 N–H and O–H groups in total. The Balaban J connectivity index is 1.66. The molecule has 2 aliphatic rings. The topological polar surface area (TPSA) is 58.6 Å². The molecule has 0 aliphatic carbocycles. The number of aryl methyl sites for hydroxylation is 1. The average Bonchev–Trinajstić information content (AvgIpc) is 3.00. The number of ether oxygens (including phenoxy) is 1. The zero-order chi connectivity index (χ0) is 17.6. The van der Waals surface area contributed by atoms with Gasteiger partial charge in [-0.1, -0.05) is 37.3 Å². The second kappa shape index (κ2) is 5.92. The van der Waals surface area contributed by atoms with Gasteiger partial charge in [-0.3, -0.25) is 9.59 Å². The molecule has 0 spiro atoms. The van der Waals surface area contributed by atoms with E-state index < -0.39 is 6.10 Å². The molecule has 0 bridgehead atoms. The lowest BCUT2D eigenvalue weighted by atomic mass is 10.1. The second-order valence-electron chi connectivity index (χ2n) is 6.73. The molecule has 0 saturated heterocycles. The van der Waals surface area contributed by atoms with Gasteiger partial charge in [-0.15, -0.1) is 0 Å². The Morgan fingerprint density at radius 1 is 1.20 bits per heavy atom. The highest BCUT2D eigenvalue weighted by molar-refractivity contribution is 6.06. The maximum atomic E-state index is 13.2. The van der Waals surface area contributed by atoms with Crippen LogP contribution in [0.4, 0.5) is 11.4 Å². The normalized spacial score (nSPS) is 21.7. The minimum Gasteiger partial charge on any atom is -0.480 e. The van der Waals surface area contributed by atoms with Crippen molar-refractivity contribution in [2.24, 2.45) is 5.92 Å². The summed E-state index contributed by atoms with van der Waals surface area (Å²) in [5.41, 5.74) is 3.48. The number of nitrogens with one attached hydrogen (secondary N) is 1. The molecular weight excluding hydrogens is 316 g/mol. The Morgan fingerprint density at radius 2 is 2.00 bits per heavy atom. The highest BCUT2D eigenvalue weighted by Crippen LogP contribution is 2.35. The van der Waals surface area contributed by atoms with Crippen molar-refractivity contribution in [1.82, 2.24) is 0 Å². The summed E-state index contributed by atoms with van der Waals surface area (Å²) in [7, 11) is 0. The average molecular weight is 336 g/mol. The van der Waals surface area contributed by atoms with Crippen molar-refractivity contribution in [3.05, 3.63) is 53.6 Å². The number of hydrogen-bond acceptors (Lipinski definition) is 3. The third kappa shape index (κ3) is 2.65. The third-order valence-electron chi connectivity index (χ3n) is 4.86. The van der Waals surface area contributed by atoms with Crippen LogP contribution in [0, 0.1) is 12.8 Å². The van der Waals surface area contributed by atoms with Gasteiger partial charge >= 0.3 is 0 Å². The van der Waals surface area contributed by atoms with Crippen LogP contribution in [-0.2, 0) is 16.0 Å². The summed E-state index contributed by atoms with van der Waals surface area (Å²) in [4.78, 5) is 27.1. The van der Waals surface area contributed by atoms with E-state index in [-0.39, 0.29) is 17.7 Å². The molecule has 5 nitrogen and oxygen atoms in total. The summed E-state index contributed by atoms with van der Waals surface area (Å²) in [5.74, 6) is 0.341. The number of carbonyl (C=O) groups excluding carboxylic acids is 2. The van der Waals surface area contributed by atoms with Crippen LogP contribution in [0.25, 0.3) is 0 Å². The highest BCUT2D eigenvalue weighted by Gasteiger charge is 2.37. The van der Waals surface area contributed by atoms with Crippen molar-refractivity contribution in [3.63, 3.8) is 0 Å². The van der Waals surface area contributed by atoms with Gasteiger partial charge in [0.05, 0.1) is 17.3 Å². The van der Waals surface area contributed by atoms with E-state index in [2.05, 4.69) is 5.32 Å². The molecule has 2 aromatic carbocycles. The lowest BCUT2D eigenvalue weighted by molar-refractivity contribution is -0.124. The molecule has 4 rings (SSSR count). The third-order valence-corrected chi connectivity index (χ3v) is 4.86. The monoisotopic (exact) mass is 336 g/mol. The Kier molecular flexibility index (Phi) is 3.71. The van der Waals surface area contributed by atoms with Gasteiger partial charge in [0.2, 0.25) is 5.91 Å². The minimum atomic E-state index is -0.551. The van der Waals surface area contributed by atoms with Gasteiger partial charge in [-0.2, -0.15) is 0 Å². The summed E-state index contributed by atoms with van der Waals surface area (Å²) in [5, 5.41) is 2.90. The van der Waals surface area contributed by atoms with E-state index in [0.29, 0.717) is 18.7 Å². The Hall–Kier alpha value is -2.82. The van der Waals surface area contributed by atoms with Crippen molar-refractivity contribution in [3.8, 4) is 5.75 Å². The van der Waals surface area contributed by atoms with E-state index >= 15 is 0 Å². The van der Waals surface area contributed by atoms with E-state index in [1.165, 1.54) is 0 Å². The van der Waals surface area contributed by atoms with Crippen molar-refractivity contribution < 1.29 is 14.3 Å². The molecule has 2 heterocycles. The van der Waals surface area contributed by atoms with E-state index in [0.717, 1.165) is 22.6 Å². The zero-order valence-electron chi connectivity index (χ0n) is 14.3. The van der Waals surface area contributed by atoms with E-state index in [1.54, 1.807) is 4.90 Å². The number of benzene rings is 2. The summed E-state index contributed by atoms with van der Waals surface area (Å²) < 4.78 is 5.97. The van der Waals surface area contributed by atoms with E-state index in [9.17, 15) is 9.59 Å². The first kappa shape index (κ1) is 15.7. The maximum Gasteiger partial charge on any atom is 0.268 e. The number of hydrogen-bond donors (Lipinski definition) is 1. The number of amides is 2. The number of carbonyl (C=O) groups is 2. The SMILES string of the molecule is Cc1cccc2c1OC(C(=O)N1CC(C)C(=O)Nc3ccccc31)C2. The van der Waals surface area contributed by atoms with Crippen LogP contribution in [0.5, 0.6) is 5.75 Å². The van der Waals surface area contributed by atoms with Crippen LogP contribution < -0.4 is 15.0 Å². The molecule has 0 radical (unpaired) electrons. The Morgan fingerprint density at radius 3 is 2.80 bits per heavy atom. The summed E-state index contributed by atoms with van der Waals surface area (Å²) in [6.45, 7) is 4.16. The fourth-order valence-electron chi connectivity index (χ4n) is 3.47. The smallest absolute Gasteiger partial charge is 0.268 e. The van der Waals surface area contributed by atoms with Gasteiger partial charge in [-0.25, -0.2) is 0 Å². The fraction of sp³-hybridized carbons (Fsp3) is 0.300. The van der Waals surface area contributed by atoms with Crippen LogP contribution in [0.2, 0.25) is 0 Å². The molecule has 2 aliphatic heterocycles. The number of fused-ring (bicyclic) bond motifs is 2. The van der Waals surface area contributed by atoms with Gasteiger partial charge < -0.3 is 15.0 Å². The van der Waals surface area contributed by atoms with Gasteiger partial charge in [0, 0.05) is 13.0 Å². The summed E-state index contributed by atoms with van der Waals surface area (Å²) in [6.07, 6.45) is 0.00846. The van der Waals surface area contributed by atoms with Crippen LogP contribution in [0.1, 0.15) is 18.1 Å². The molecular formula is C20H20N2O3. The van der Waals surface area contributed by atoms with Crippen molar-refractivity contribution >= 4 is 23.2 Å². The molecule has 2 atom stereocenters. The number of anilines is 2. The minimum absolute atomic E-state index is 0.0748. The van der Waals surface area contributed by atoms with Crippen LogP contribution in [0.15, 0.2) is 42.5 Å². The second-order valence-corrected chi connectivity index (χ2v) is 6.73. The molecule has 0 aromatic heterocycles. The lowest BCUT2D eigenvalue weighted by Gasteiger charge is -2.26. The number of rotatable bonds is 1. The maximum absolute atomic E-state index is 13.2. The van der Waals surface area contributed by atoms with Crippen LogP contribution in [0.3, 0.4) is 0 Å². The quantitative estimate of drug-likeness (QED) is 0.871. The van der Waals surface area contributed by atoms with Crippen molar-refractivity contribution in [2.45, 2.75) is 26.4 Å². The Labute approximate surface area is 146 Å². The first-order valence-corrected chi connectivity index (χ1v) is 8.51. The number of para-hydroxylation sites is 3. The first-order chi connectivity index (χ1) is 12.0. The lowest BCUT2D eigenvalue weighted by Crippen LogP contribution is -2.44. The highest BCUT2D eigenvalue weighted by atomic mass is 16.5. The summed E-state index contributed by atoms with van der Waals surface area (Å²) in [6, 6.07) is 13.4. The molecule has 0 fully saturated rings. The standard InChI is InChI=1S/C20H20N2O3/c1-12-6-5-7-14-10-17(25-18(12)14)20(24)22-11-13(2)19(23)21-15-8-3-4-9-16(15)22/h3-9,13,17H,10-11H2,1-2H3,(H,21,23). The largest absolute Gasteiger partial charge is 0.480 e. The number of nitrogens with zero attached hydrogens (tertiary/aromatic N) is 1. The Bertz CT molecular complexity index is 862. The molecule has 128 valence electrons. The van der Waals surface area contributed by atoms with E-state index in [4.69, 9.17) is 4.74 Å². The van der Waals surface area contributed by atoms with Gasteiger partial charge in [0.1, 0.15) is 5.75 Å². The summed E-state index contributed by atoms with van der Waals surface area (Å²) >= 11 is 0. The molecule has 0 saturated carbocycles. The first-order valence-electron chi connectivity index (χ1n) is 8.51. The zero-order valence-corrected chi connectivity index (χ0v) is 14.3. The van der Waals surface area contributed by atoms with Gasteiger partial charge in [0.15, 0.2) is 6.10 Å². The predicted molar refractivity (Wildman–Crippen MR) is 95.9 cm³/mol. The van der Waals surface area contributed by atoms with Gasteiger partial charge in [-0.05, 0) is 30.2 Å². The van der Waals surface area contributed by atoms with Crippen molar-refractivity contribution in [2.75, 3.05) is 16.8 Å². The molecule has 5 heteroatoms. The molecule has 2 amide bonds. The van der Waals surface area contributed by atoms with Crippen LogP contribution in [-0.4, -0.2) is 24.5 Å². The molecule has 2 aromatic rings.